The summed E-state index contributed by atoms with van der Waals surface area (Å²) >= 11 is 13.2. The van der Waals surface area contributed by atoms with Gasteiger partial charge in [0.1, 0.15) is 5.03 Å². The molecule has 0 amide bonds. The summed E-state index contributed by atoms with van der Waals surface area (Å²) in [5.41, 5.74) is 9.30. The van der Waals surface area contributed by atoms with Crippen LogP contribution < -0.4 is 17.0 Å². The van der Waals surface area contributed by atoms with Gasteiger partial charge in [-0.25, -0.2) is 4.79 Å². The number of nitrogens with one attached hydrogen (secondary N) is 1. The Morgan fingerprint density at radius 2 is 1.78 bits per heavy atom. The molecule has 2 aromatic rings. The Morgan fingerprint density at radius 1 is 1.13 bits per heavy atom. The molecule has 8 heteroatoms. The van der Waals surface area contributed by atoms with Crippen molar-refractivity contribution in [2.45, 2.75) is 4.90 Å². The van der Waals surface area contributed by atoms with Crippen LogP contribution in [-0.2, 0) is 4.79 Å². The lowest BCUT2D eigenvalue weighted by Gasteiger charge is -2.09. The molecular weight excluding hydrogens is 357 g/mol. The molecule has 0 aliphatic heterocycles. The smallest absolute Gasteiger partial charge is 0.356 e. The molecule has 23 heavy (non-hydrogen) atoms. The van der Waals surface area contributed by atoms with Crippen LogP contribution in [0.25, 0.3) is 11.1 Å². The number of hydrogen-bond acceptors (Lipinski definition) is 5. The summed E-state index contributed by atoms with van der Waals surface area (Å²) in [7, 11) is 0. The van der Waals surface area contributed by atoms with Gasteiger partial charge in [-0.1, -0.05) is 53.2 Å². The minimum Gasteiger partial charge on any atom is -0.476 e. The summed E-state index contributed by atoms with van der Waals surface area (Å²) in [5, 5.41) is 10.2. The third-order valence-corrected chi connectivity index (χ3v) is 4.41. The monoisotopic (exact) mass is 369 g/mol. The number of aliphatic carboxylic acids is 1. The summed E-state index contributed by atoms with van der Waals surface area (Å²) in [6.07, 6.45) is 0. The van der Waals surface area contributed by atoms with E-state index in [9.17, 15) is 4.79 Å². The Labute approximate surface area is 147 Å². The van der Waals surface area contributed by atoms with Crippen molar-refractivity contribution in [3.8, 4) is 11.1 Å². The summed E-state index contributed by atoms with van der Waals surface area (Å²) < 4.78 is 0. The van der Waals surface area contributed by atoms with Gasteiger partial charge in [0.15, 0.2) is 5.70 Å². The minimum atomic E-state index is -1.23. The van der Waals surface area contributed by atoms with Gasteiger partial charge in [0.05, 0.1) is 0 Å². The van der Waals surface area contributed by atoms with Crippen molar-refractivity contribution in [2.75, 3.05) is 0 Å². The predicted octanol–water partition coefficient (Wildman–Crippen LogP) is 3.43. The van der Waals surface area contributed by atoms with Crippen molar-refractivity contribution in [3.63, 3.8) is 0 Å². The van der Waals surface area contributed by atoms with E-state index in [0.717, 1.165) is 22.9 Å². The van der Waals surface area contributed by atoms with Crippen LogP contribution in [-0.4, -0.2) is 11.1 Å². The van der Waals surface area contributed by atoms with Crippen molar-refractivity contribution >= 4 is 40.9 Å². The van der Waals surface area contributed by atoms with E-state index in [1.165, 1.54) is 0 Å². The highest BCUT2D eigenvalue weighted by molar-refractivity contribution is 8.03. The summed E-state index contributed by atoms with van der Waals surface area (Å²) in [6, 6.07) is 12.6. The summed E-state index contributed by atoms with van der Waals surface area (Å²) in [5.74, 6) is 3.92. The van der Waals surface area contributed by atoms with Gasteiger partial charge in [0.25, 0.3) is 0 Å². The molecule has 0 aliphatic rings. The maximum atomic E-state index is 11.0. The fourth-order valence-corrected chi connectivity index (χ4v) is 3.13. The van der Waals surface area contributed by atoms with Gasteiger partial charge in [0, 0.05) is 20.5 Å². The van der Waals surface area contributed by atoms with Gasteiger partial charge in [0.2, 0.25) is 0 Å². The van der Waals surface area contributed by atoms with Crippen LogP contribution in [0.3, 0.4) is 0 Å². The van der Waals surface area contributed by atoms with Crippen LogP contribution in [0.1, 0.15) is 0 Å². The number of hydrogen-bond donors (Lipinski definition) is 4. The average molecular weight is 370 g/mol. The number of thioether (sulfide) groups is 1. The third kappa shape index (κ3) is 4.33. The minimum absolute atomic E-state index is 0.0373. The molecule has 0 aliphatic carbocycles. The predicted molar refractivity (Wildman–Crippen MR) is 93.9 cm³/mol. The van der Waals surface area contributed by atoms with Gasteiger partial charge >= 0.3 is 5.97 Å². The van der Waals surface area contributed by atoms with Crippen molar-refractivity contribution < 1.29 is 9.90 Å². The molecule has 0 saturated heterocycles. The van der Waals surface area contributed by atoms with Crippen molar-refractivity contribution in [1.82, 2.24) is 5.43 Å². The van der Waals surface area contributed by atoms with E-state index in [1.54, 1.807) is 24.3 Å². The van der Waals surface area contributed by atoms with Crippen molar-refractivity contribution in [2.24, 2.45) is 11.6 Å². The highest BCUT2D eigenvalue weighted by atomic mass is 35.5. The number of nitrogens with two attached hydrogens (primary N) is 2. The van der Waals surface area contributed by atoms with Crippen molar-refractivity contribution in [3.05, 3.63) is 63.2 Å². The summed E-state index contributed by atoms with van der Waals surface area (Å²) in [6.45, 7) is 0. The molecule has 0 fully saturated rings. The number of halogens is 2. The van der Waals surface area contributed by atoms with Gasteiger partial charge < -0.3 is 16.3 Å². The van der Waals surface area contributed by atoms with Crippen LogP contribution in [0.2, 0.25) is 10.0 Å². The van der Waals surface area contributed by atoms with E-state index in [0.29, 0.717) is 14.9 Å². The zero-order valence-corrected chi connectivity index (χ0v) is 14.0. The Kier molecular flexibility index (Phi) is 5.79. The molecule has 0 unspecified atom stereocenters. The quantitative estimate of drug-likeness (QED) is 0.278. The number of rotatable bonds is 5. The molecule has 0 bridgehead atoms. The third-order valence-electron chi connectivity index (χ3n) is 2.93. The topological polar surface area (TPSA) is 101 Å². The maximum absolute atomic E-state index is 11.0. The Bertz CT molecular complexity index is 764. The maximum Gasteiger partial charge on any atom is 0.356 e. The standard InChI is InChI=1S/C15H13Cl2N3O2S/c16-9-3-1-8(2-4-9)11-6-5-10(7-12(11)17)23-14(18)13(20-19)15(21)22/h1-7,20H,18-19H2,(H,21,22)/b14-13+. The zero-order valence-electron chi connectivity index (χ0n) is 11.7. The largest absolute Gasteiger partial charge is 0.476 e. The van der Waals surface area contributed by atoms with E-state index in [-0.39, 0.29) is 10.7 Å². The number of hydrazine groups is 1. The van der Waals surface area contributed by atoms with E-state index < -0.39 is 5.97 Å². The molecule has 2 aromatic carbocycles. The van der Waals surface area contributed by atoms with Gasteiger partial charge in [-0.15, -0.1) is 0 Å². The first kappa shape index (κ1) is 17.5. The lowest BCUT2D eigenvalue weighted by Crippen LogP contribution is -2.29. The van der Waals surface area contributed by atoms with Gasteiger partial charge in [-0.05, 0) is 29.8 Å². The molecule has 6 N–H and O–H groups in total. The SMILES string of the molecule is NN/C(C(=O)O)=C(\N)Sc1ccc(-c2ccc(Cl)cc2)c(Cl)c1. The first-order valence-corrected chi connectivity index (χ1v) is 7.92. The second-order valence-corrected chi connectivity index (χ2v) is 6.40. The van der Waals surface area contributed by atoms with Crippen LogP contribution in [0.15, 0.2) is 58.1 Å². The van der Waals surface area contributed by atoms with E-state index in [2.05, 4.69) is 5.43 Å². The second-order valence-electron chi connectivity index (χ2n) is 4.44. The number of carboxylic acid groups (broad SMARTS) is 1. The number of benzene rings is 2. The normalized spacial score (nSPS) is 11.8. The summed E-state index contributed by atoms with van der Waals surface area (Å²) in [4.78, 5) is 11.7. The first-order chi connectivity index (χ1) is 10.9. The molecule has 120 valence electrons. The fraction of sp³-hybridized carbons (Fsp3) is 0. The van der Waals surface area contributed by atoms with Crippen LogP contribution >= 0.6 is 35.0 Å². The Morgan fingerprint density at radius 3 is 2.30 bits per heavy atom. The number of carboxylic acids is 1. The van der Waals surface area contributed by atoms with Crippen molar-refractivity contribution in [1.29, 1.82) is 0 Å². The molecule has 0 saturated carbocycles. The molecule has 0 aromatic heterocycles. The molecule has 0 heterocycles. The second kappa shape index (κ2) is 7.61. The lowest BCUT2D eigenvalue weighted by atomic mass is 10.1. The fourth-order valence-electron chi connectivity index (χ4n) is 1.84. The van der Waals surface area contributed by atoms with Crippen LogP contribution in [0.5, 0.6) is 0 Å². The molecule has 0 atom stereocenters. The molecule has 2 rings (SSSR count). The average Bonchev–Trinajstić information content (AvgIpc) is 2.49. The van der Waals surface area contributed by atoms with Gasteiger partial charge in [-0.3, -0.25) is 5.84 Å². The lowest BCUT2D eigenvalue weighted by molar-refractivity contribution is -0.133. The highest BCUT2D eigenvalue weighted by Gasteiger charge is 2.13. The highest BCUT2D eigenvalue weighted by Crippen LogP contribution is 2.34. The number of carbonyl (C=O) groups is 1. The molecular formula is C15H13Cl2N3O2S. The van der Waals surface area contributed by atoms with Crippen LogP contribution in [0.4, 0.5) is 0 Å². The molecule has 0 spiro atoms. The van der Waals surface area contributed by atoms with E-state index in [4.69, 9.17) is 39.9 Å². The molecule has 0 radical (unpaired) electrons. The Hall–Kier alpha value is -1.86. The zero-order chi connectivity index (χ0) is 17.0. The molecule has 5 nitrogen and oxygen atoms in total. The van der Waals surface area contributed by atoms with E-state index >= 15 is 0 Å². The van der Waals surface area contributed by atoms with E-state index in [1.807, 2.05) is 18.2 Å². The van der Waals surface area contributed by atoms with Gasteiger partial charge in [-0.2, -0.15) is 0 Å². The van der Waals surface area contributed by atoms with Crippen LogP contribution in [0, 0.1) is 0 Å². The Balaban J connectivity index is 2.29. The first-order valence-electron chi connectivity index (χ1n) is 6.35.